The first-order valence-corrected chi connectivity index (χ1v) is 15.3. The number of nitrogens with zero attached hydrogens (tertiary/aromatic N) is 1. The zero-order valence-electron chi connectivity index (χ0n) is 20.5. The Morgan fingerprint density at radius 3 is 1.87 bits per heavy atom. The van der Waals surface area contributed by atoms with Gasteiger partial charge in [0.2, 0.25) is 0 Å². The van der Waals surface area contributed by atoms with E-state index in [0.29, 0.717) is 34.3 Å². The van der Waals surface area contributed by atoms with Crippen molar-refractivity contribution in [2.75, 3.05) is 22.5 Å². The number of anilines is 2. The van der Waals surface area contributed by atoms with Gasteiger partial charge in [-0.15, -0.1) is 0 Å². The molecule has 3 aromatic rings. The molecule has 0 saturated carbocycles. The average Bonchev–Trinajstić information content (AvgIpc) is 3.39. The zero-order chi connectivity index (χ0) is 27.8. The number of aromatic hydroxyl groups is 1. The smallest absolute Gasteiger partial charge is 0.265 e. The topological polar surface area (TPSA) is 133 Å². The van der Waals surface area contributed by atoms with Crippen LogP contribution in [0.1, 0.15) is 34.3 Å². The maximum atomic E-state index is 13.4. The lowest BCUT2D eigenvalue weighted by Gasteiger charge is -2.20. The number of carbonyl (C=O) groups is 1. The normalized spacial score (nSPS) is 13.9. The van der Waals surface area contributed by atoms with E-state index in [9.17, 15) is 26.7 Å². The van der Waals surface area contributed by atoms with Crippen LogP contribution < -0.4 is 9.44 Å². The van der Waals surface area contributed by atoms with Gasteiger partial charge in [0.15, 0.2) is 0 Å². The molecule has 1 saturated heterocycles. The van der Waals surface area contributed by atoms with Gasteiger partial charge < -0.3 is 10.0 Å². The fourth-order valence-corrected chi connectivity index (χ4v) is 6.90. The van der Waals surface area contributed by atoms with Gasteiger partial charge >= 0.3 is 0 Å². The highest BCUT2D eigenvalue weighted by Gasteiger charge is 2.31. The second-order valence-corrected chi connectivity index (χ2v) is 13.0. The molecule has 1 fully saturated rings. The van der Waals surface area contributed by atoms with Crippen molar-refractivity contribution in [3.8, 4) is 5.75 Å². The lowest BCUT2D eigenvalue weighted by atomic mass is 10.1. The first-order chi connectivity index (χ1) is 17.8. The van der Waals surface area contributed by atoms with Crippen LogP contribution in [-0.4, -0.2) is 45.8 Å². The summed E-state index contributed by atoms with van der Waals surface area (Å²) in [6.07, 6.45) is 1.47. The Bertz CT molecular complexity index is 1640. The summed E-state index contributed by atoms with van der Waals surface area (Å²) >= 11 is 12.2. The number of rotatable bonds is 7. The van der Waals surface area contributed by atoms with E-state index in [1.807, 2.05) is 0 Å². The third kappa shape index (κ3) is 5.56. The van der Waals surface area contributed by atoms with Gasteiger partial charge in [-0.2, -0.15) is 0 Å². The molecule has 1 heterocycles. The Kier molecular flexibility index (Phi) is 7.85. The Labute approximate surface area is 231 Å². The first kappa shape index (κ1) is 28.0. The second-order valence-electron chi connectivity index (χ2n) is 8.85. The molecule has 1 amide bonds. The molecule has 1 aliphatic rings. The molecule has 0 spiro atoms. The summed E-state index contributed by atoms with van der Waals surface area (Å²) in [6, 6.07) is 11.0. The minimum absolute atomic E-state index is 0.130. The van der Waals surface area contributed by atoms with Crippen LogP contribution in [0.5, 0.6) is 5.75 Å². The number of hydrogen-bond donors (Lipinski definition) is 3. The molecule has 0 unspecified atom stereocenters. The summed E-state index contributed by atoms with van der Waals surface area (Å²) < 4.78 is 58.5. The fraction of sp³-hybridized carbons (Fsp3) is 0.240. The van der Waals surface area contributed by atoms with Crippen LogP contribution in [0, 0.1) is 13.8 Å². The Morgan fingerprint density at radius 1 is 0.842 bits per heavy atom. The van der Waals surface area contributed by atoms with Crippen molar-refractivity contribution in [2.24, 2.45) is 0 Å². The van der Waals surface area contributed by atoms with Crippen molar-refractivity contribution in [1.29, 1.82) is 0 Å². The van der Waals surface area contributed by atoms with E-state index in [1.54, 1.807) is 32.0 Å². The molecule has 4 rings (SSSR count). The van der Waals surface area contributed by atoms with E-state index in [0.717, 1.165) is 25.0 Å². The van der Waals surface area contributed by atoms with Gasteiger partial charge in [0.05, 0.1) is 21.8 Å². The standard InChI is InChI=1S/C25H25Cl2N3O6S2/c1-15-19(26)7-5-9-21(15)28-37(33,34)17-13-18(25(32)30-11-3-4-12-30)24(31)23(14-17)38(35,36)29-22-10-6-8-20(27)16(22)2/h5-10,13-14,28-29,31H,3-4,11-12H2,1-2H3. The number of carbonyl (C=O) groups excluding carboxylic acids is 1. The molecular weight excluding hydrogens is 573 g/mol. The predicted molar refractivity (Wildman–Crippen MR) is 147 cm³/mol. The highest BCUT2D eigenvalue weighted by Crippen LogP contribution is 2.35. The summed E-state index contributed by atoms with van der Waals surface area (Å²) in [6.45, 7) is 4.02. The van der Waals surface area contributed by atoms with Gasteiger partial charge in [-0.25, -0.2) is 16.8 Å². The van der Waals surface area contributed by atoms with Gasteiger partial charge in [0.25, 0.3) is 26.0 Å². The van der Waals surface area contributed by atoms with Crippen molar-refractivity contribution in [2.45, 2.75) is 36.5 Å². The summed E-state index contributed by atoms with van der Waals surface area (Å²) in [7, 11) is -9.00. The third-order valence-electron chi connectivity index (χ3n) is 6.30. The van der Waals surface area contributed by atoms with Crippen LogP contribution >= 0.6 is 23.2 Å². The molecule has 9 nitrogen and oxygen atoms in total. The van der Waals surface area contributed by atoms with Crippen molar-refractivity contribution in [3.63, 3.8) is 0 Å². The van der Waals surface area contributed by atoms with Crippen LogP contribution in [0.4, 0.5) is 11.4 Å². The molecular formula is C25H25Cl2N3O6S2. The molecule has 0 radical (unpaired) electrons. The van der Waals surface area contributed by atoms with Crippen LogP contribution in [0.25, 0.3) is 0 Å². The molecule has 0 atom stereocenters. The largest absolute Gasteiger partial charge is 0.506 e. The minimum atomic E-state index is -4.58. The predicted octanol–water partition coefficient (Wildman–Crippen LogP) is 5.15. The summed E-state index contributed by atoms with van der Waals surface area (Å²) in [5.74, 6) is -1.53. The fourth-order valence-electron chi connectivity index (χ4n) is 4.04. The Balaban J connectivity index is 1.86. The summed E-state index contributed by atoms with van der Waals surface area (Å²) in [5.41, 5.74) is 0.740. The van der Waals surface area contributed by atoms with Crippen LogP contribution in [0.3, 0.4) is 0 Å². The van der Waals surface area contributed by atoms with E-state index in [1.165, 1.54) is 23.1 Å². The van der Waals surface area contributed by atoms with Gasteiger partial charge in [0, 0.05) is 23.1 Å². The van der Waals surface area contributed by atoms with Crippen molar-refractivity contribution < 1.29 is 26.7 Å². The Hall–Kier alpha value is -2.99. The van der Waals surface area contributed by atoms with Crippen molar-refractivity contribution >= 4 is 60.5 Å². The van der Waals surface area contributed by atoms with E-state index in [2.05, 4.69) is 9.44 Å². The number of likely N-dealkylation sites (tertiary alicyclic amines) is 1. The highest BCUT2D eigenvalue weighted by molar-refractivity contribution is 7.93. The molecule has 0 aromatic heterocycles. The molecule has 202 valence electrons. The highest BCUT2D eigenvalue weighted by atomic mass is 35.5. The molecule has 0 aliphatic carbocycles. The quantitative estimate of drug-likeness (QED) is 0.345. The first-order valence-electron chi connectivity index (χ1n) is 11.5. The van der Waals surface area contributed by atoms with Crippen molar-refractivity contribution in [3.05, 3.63) is 75.3 Å². The van der Waals surface area contributed by atoms with Gasteiger partial charge in [0.1, 0.15) is 10.6 Å². The molecule has 38 heavy (non-hydrogen) atoms. The Morgan fingerprint density at radius 2 is 1.34 bits per heavy atom. The molecule has 3 N–H and O–H groups in total. The van der Waals surface area contributed by atoms with E-state index in [4.69, 9.17) is 23.2 Å². The van der Waals surface area contributed by atoms with E-state index >= 15 is 0 Å². The molecule has 0 bridgehead atoms. The number of halogens is 2. The van der Waals surface area contributed by atoms with E-state index < -0.39 is 47.1 Å². The second kappa shape index (κ2) is 10.6. The monoisotopic (exact) mass is 597 g/mol. The van der Waals surface area contributed by atoms with Gasteiger partial charge in [-0.05, 0) is 74.2 Å². The van der Waals surface area contributed by atoms with Gasteiger partial charge in [-0.1, -0.05) is 35.3 Å². The number of phenolic OH excluding ortho intramolecular Hbond substituents is 1. The van der Waals surface area contributed by atoms with Gasteiger partial charge in [-0.3, -0.25) is 14.2 Å². The van der Waals surface area contributed by atoms with E-state index in [-0.39, 0.29) is 11.4 Å². The van der Waals surface area contributed by atoms with Crippen LogP contribution in [0.15, 0.2) is 58.3 Å². The number of nitrogens with one attached hydrogen (secondary N) is 2. The number of sulfonamides is 2. The number of hydrogen-bond acceptors (Lipinski definition) is 6. The molecule has 1 aliphatic heterocycles. The lowest BCUT2D eigenvalue weighted by Crippen LogP contribution is -2.28. The SMILES string of the molecule is Cc1c(Cl)cccc1NS(=O)(=O)c1cc(C(=O)N2CCCC2)c(O)c(S(=O)(=O)Nc2cccc(Cl)c2C)c1. The van der Waals surface area contributed by atoms with Crippen LogP contribution in [0.2, 0.25) is 10.0 Å². The summed E-state index contributed by atoms with van der Waals surface area (Å²) in [5, 5.41) is 11.6. The maximum Gasteiger partial charge on any atom is 0.265 e. The maximum absolute atomic E-state index is 13.4. The minimum Gasteiger partial charge on any atom is -0.506 e. The third-order valence-corrected chi connectivity index (χ3v) is 9.84. The number of amides is 1. The number of benzene rings is 3. The van der Waals surface area contributed by atoms with Crippen LogP contribution in [-0.2, 0) is 20.0 Å². The number of phenols is 1. The summed E-state index contributed by atoms with van der Waals surface area (Å²) in [4.78, 5) is 13.4. The lowest BCUT2D eigenvalue weighted by molar-refractivity contribution is 0.0789. The average molecular weight is 599 g/mol. The molecule has 13 heteroatoms. The van der Waals surface area contributed by atoms with Crippen molar-refractivity contribution in [1.82, 2.24) is 4.90 Å². The molecule has 3 aromatic carbocycles. The zero-order valence-corrected chi connectivity index (χ0v) is 23.6.